The Balaban J connectivity index is 2.05. The lowest BCUT2D eigenvalue weighted by Crippen LogP contribution is -2.20. The number of rotatable bonds is 18. The van der Waals surface area contributed by atoms with E-state index in [0.29, 0.717) is 22.6 Å². The van der Waals surface area contributed by atoms with Crippen molar-refractivity contribution in [2.24, 2.45) is 0 Å². The van der Waals surface area contributed by atoms with E-state index in [2.05, 4.69) is 0 Å². The van der Waals surface area contributed by atoms with E-state index >= 15 is 8.42 Å². The molecule has 0 aliphatic heterocycles. The number of carbonyl (C=O) groups excluding carboxylic acids is 2. The first-order valence-corrected chi connectivity index (χ1v) is 18.8. The highest BCUT2D eigenvalue weighted by molar-refractivity contribution is 7.92. The molecule has 2 unspecified atom stereocenters. The van der Waals surface area contributed by atoms with Crippen LogP contribution in [0.25, 0.3) is 12.2 Å². The van der Waals surface area contributed by atoms with Gasteiger partial charge in [0, 0.05) is 37.1 Å². The van der Waals surface area contributed by atoms with Crippen LogP contribution >= 0.6 is 0 Å². The summed E-state index contributed by atoms with van der Waals surface area (Å²) in [6.07, 6.45) is 6.21. The van der Waals surface area contributed by atoms with Crippen LogP contribution in [0.4, 0.5) is 0 Å². The number of benzene rings is 4. The largest absolute Gasteiger partial charge is 0.496 e. The molecule has 15 heteroatoms. The highest BCUT2D eigenvalue weighted by Crippen LogP contribution is 2.48. The lowest BCUT2D eigenvalue weighted by Gasteiger charge is -2.25. The first-order chi connectivity index (χ1) is 27.3. The summed E-state index contributed by atoms with van der Waals surface area (Å²) < 4.78 is 86.4. The number of ether oxygens (including phenoxy) is 10. The van der Waals surface area contributed by atoms with Crippen molar-refractivity contribution in [2.45, 2.75) is 24.3 Å². The molecule has 2 atom stereocenters. The van der Waals surface area contributed by atoms with Gasteiger partial charge in [-0.05, 0) is 47.5 Å². The van der Waals surface area contributed by atoms with Crippen LogP contribution in [0.3, 0.4) is 0 Å². The van der Waals surface area contributed by atoms with Crippen LogP contribution in [-0.4, -0.2) is 77.2 Å². The van der Waals surface area contributed by atoms with Crippen molar-refractivity contribution < 1.29 is 65.4 Å². The third kappa shape index (κ3) is 10.1. The lowest BCUT2D eigenvalue weighted by atomic mass is 10.1. The topological polar surface area (TPSA) is 161 Å². The fourth-order valence-corrected chi connectivity index (χ4v) is 7.93. The number of hydrogen-bond acceptors (Lipinski definition) is 14. The molecule has 304 valence electrons. The molecule has 0 amide bonds. The summed E-state index contributed by atoms with van der Waals surface area (Å²) in [5, 5.41) is -2.86. The molecule has 4 aromatic rings. The highest BCUT2D eigenvalue weighted by atomic mass is 32.2. The van der Waals surface area contributed by atoms with Gasteiger partial charge in [-0.15, -0.1) is 0 Å². The van der Waals surface area contributed by atoms with Crippen molar-refractivity contribution in [3.8, 4) is 57.5 Å². The number of hydrogen-bond donors (Lipinski definition) is 0. The molecular formula is C42H46O14S. The minimum absolute atomic E-state index is 0.191. The zero-order valence-corrected chi connectivity index (χ0v) is 34.2. The zero-order chi connectivity index (χ0) is 41.9. The maximum atomic E-state index is 15.6. The average molecular weight is 807 g/mol. The molecule has 0 saturated carbocycles. The van der Waals surface area contributed by atoms with Gasteiger partial charge in [0.2, 0.25) is 0 Å². The van der Waals surface area contributed by atoms with Crippen molar-refractivity contribution in [1.29, 1.82) is 0 Å². The van der Waals surface area contributed by atoms with E-state index in [1.807, 2.05) is 0 Å². The molecule has 0 aliphatic rings. The molecule has 0 heterocycles. The maximum Gasteiger partial charge on any atom is 0.308 e. The molecule has 0 spiro atoms. The van der Waals surface area contributed by atoms with Crippen molar-refractivity contribution in [3.63, 3.8) is 0 Å². The van der Waals surface area contributed by atoms with Crippen molar-refractivity contribution in [3.05, 3.63) is 95.1 Å². The average Bonchev–Trinajstić information content (AvgIpc) is 3.20. The Hall–Kier alpha value is -6.35. The Morgan fingerprint density at radius 3 is 1.04 bits per heavy atom. The number of carbonyl (C=O) groups is 2. The normalized spacial score (nSPS) is 12.4. The van der Waals surface area contributed by atoms with Gasteiger partial charge >= 0.3 is 11.9 Å². The van der Waals surface area contributed by atoms with E-state index in [4.69, 9.17) is 47.4 Å². The van der Waals surface area contributed by atoms with Crippen LogP contribution in [0.1, 0.15) is 46.6 Å². The molecule has 0 bridgehead atoms. The van der Waals surface area contributed by atoms with Gasteiger partial charge in [0.1, 0.15) is 22.0 Å². The van der Waals surface area contributed by atoms with Gasteiger partial charge in [-0.1, -0.05) is 36.4 Å². The van der Waals surface area contributed by atoms with Gasteiger partial charge in [-0.25, -0.2) is 8.42 Å². The Kier molecular flexibility index (Phi) is 14.8. The van der Waals surface area contributed by atoms with Gasteiger partial charge in [0.25, 0.3) is 0 Å². The fraction of sp³-hybridized carbons (Fsp3) is 0.286. The minimum atomic E-state index is -4.47. The summed E-state index contributed by atoms with van der Waals surface area (Å²) in [5.41, 5.74) is 1.50. The smallest absolute Gasteiger partial charge is 0.308 e. The van der Waals surface area contributed by atoms with Gasteiger partial charge in [0.15, 0.2) is 55.8 Å². The van der Waals surface area contributed by atoms with Crippen LogP contribution in [0.5, 0.6) is 57.5 Å². The second kappa shape index (κ2) is 19.5. The summed E-state index contributed by atoms with van der Waals surface area (Å²) in [6, 6.07) is 15.8. The summed E-state index contributed by atoms with van der Waals surface area (Å²) >= 11 is 0. The summed E-state index contributed by atoms with van der Waals surface area (Å²) in [5.74, 6) is 1.34. The van der Waals surface area contributed by atoms with Gasteiger partial charge in [-0.2, -0.15) is 0 Å². The lowest BCUT2D eigenvalue weighted by molar-refractivity contribution is -0.132. The molecule has 0 fully saturated rings. The highest BCUT2D eigenvalue weighted by Gasteiger charge is 2.38. The molecule has 0 aliphatic carbocycles. The number of methoxy groups -OCH3 is 8. The second-order valence-corrected chi connectivity index (χ2v) is 14.2. The van der Waals surface area contributed by atoms with Gasteiger partial charge in [-0.3, -0.25) is 9.59 Å². The van der Waals surface area contributed by atoms with E-state index in [-0.39, 0.29) is 57.1 Å². The van der Waals surface area contributed by atoms with E-state index in [9.17, 15) is 9.59 Å². The van der Waals surface area contributed by atoms with E-state index < -0.39 is 32.3 Å². The predicted octanol–water partition coefficient (Wildman–Crippen LogP) is 7.23. The quantitative estimate of drug-likeness (QED) is 0.0732. The molecule has 14 nitrogen and oxygen atoms in total. The van der Waals surface area contributed by atoms with Crippen molar-refractivity contribution >= 4 is 33.9 Å². The van der Waals surface area contributed by atoms with Crippen LogP contribution in [0.2, 0.25) is 0 Å². The van der Waals surface area contributed by atoms with Crippen LogP contribution in [0, 0.1) is 0 Å². The molecule has 4 rings (SSSR count). The molecular weight excluding hydrogens is 761 g/mol. The number of esters is 2. The summed E-state index contributed by atoms with van der Waals surface area (Å²) in [4.78, 5) is 23.4. The van der Waals surface area contributed by atoms with E-state index in [0.717, 1.165) is 0 Å². The second-order valence-electron chi connectivity index (χ2n) is 12.1. The Morgan fingerprint density at radius 2 is 0.737 bits per heavy atom. The van der Waals surface area contributed by atoms with E-state index in [1.165, 1.54) is 82.9 Å². The van der Waals surface area contributed by atoms with Crippen LogP contribution in [0.15, 0.2) is 72.8 Å². The molecule has 0 saturated heterocycles. The third-order valence-corrected chi connectivity index (χ3v) is 10.8. The Bertz CT molecular complexity index is 2090. The van der Waals surface area contributed by atoms with Crippen LogP contribution in [-0.2, 0) is 19.4 Å². The Morgan fingerprint density at radius 1 is 0.439 bits per heavy atom. The molecule has 57 heavy (non-hydrogen) atoms. The Labute approximate surface area is 332 Å². The molecule has 0 aromatic heterocycles. The zero-order valence-electron chi connectivity index (χ0n) is 33.4. The third-order valence-electron chi connectivity index (χ3n) is 8.60. The monoisotopic (exact) mass is 806 g/mol. The maximum absolute atomic E-state index is 15.6. The van der Waals surface area contributed by atoms with E-state index in [1.54, 1.807) is 72.8 Å². The van der Waals surface area contributed by atoms with Gasteiger partial charge < -0.3 is 47.4 Å². The minimum Gasteiger partial charge on any atom is -0.496 e. The summed E-state index contributed by atoms with van der Waals surface area (Å²) in [6.45, 7) is 2.54. The standard InChI is InChI=1S/C42H46O14S/c1-25(43)55-31-15-11-27(19-35(31)49-5)13-17-41(29-21-37(51-7)39(53-9)23-33(29)47-3)57(45,46)42(30-22-38(52-8)40(54-10)24-34(30)48-4)18-14-28-12-16-32(56-26(2)44)36(20-28)50-6/h11-24,41-42H,1-10H3/b17-13-,18-14-. The summed E-state index contributed by atoms with van der Waals surface area (Å²) in [7, 11) is 6.98. The molecule has 0 radical (unpaired) electrons. The number of sulfone groups is 1. The predicted molar refractivity (Wildman–Crippen MR) is 213 cm³/mol. The fourth-order valence-electron chi connectivity index (χ4n) is 5.94. The van der Waals surface area contributed by atoms with Crippen molar-refractivity contribution in [1.82, 2.24) is 0 Å². The molecule has 4 aromatic carbocycles. The van der Waals surface area contributed by atoms with Crippen LogP contribution < -0.4 is 47.4 Å². The van der Waals surface area contributed by atoms with Gasteiger partial charge in [0.05, 0.1) is 56.9 Å². The SMILES string of the molecule is COc1cc(OC)c(C(/C=C\c2ccc(OC(C)=O)c(OC)c2)S(=O)(=O)C(/C=C\c2ccc(OC(C)=O)c(OC)c2)c2cc(OC)c(OC)cc2OC)cc1OC. The first kappa shape index (κ1) is 43.4. The first-order valence-electron chi connectivity index (χ1n) is 17.2. The molecule has 0 N–H and O–H groups in total. The van der Waals surface area contributed by atoms with Crippen molar-refractivity contribution in [2.75, 3.05) is 56.9 Å².